The molecule has 0 aliphatic carbocycles. The van der Waals surface area contributed by atoms with Crippen molar-refractivity contribution in [3.05, 3.63) is 41.0 Å². The Labute approximate surface area is 128 Å². The number of carbonyl (C=O) groups is 1. The Morgan fingerprint density at radius 1 is 1.39 bits per heavy atom. The van der Waals surface area contributed by atoms with Crippen LogP contribution in [0.25, 0.3) is 0 Å². The third-order valence-electron chi connectivity index (χ3n) is 3.23. The van der Waals surface area contributed by atoms with Gasteiger partial charge in [0.15, 0.2) is 5.82 Å². The highest BCUT2D eigenvalue weighted by Gasteiger charge is 2.36. The third kappa shape index (κ3) is 3.63. The van der Waals surface area contributed by atoms with Crippen molar-refractivity contribution in [3.8, 4) is 0 Å². The fourth-order valence-electron chi connectivity index (χ4n) is 2.08. The number of carbonyl (C=O) groups excluding carboxylic acids is 1. The fourth-order valence-corrected chi connectivity index (χ4v) is 2.08. The van der Waals surface area contributed by atoms with Crippen LogP contribution >= 0.6 is 0 Å². The molecule has 0 aliphatic heterocycles. The third-order valence-corrected chi connectivity index (χ3v) is 3.23. The first kappa shape index (κ1) is 16.8. The minimum Gasteiger partial charge on any atom is -0.341 e. The van der Waals surface area contributed by atoms with Gasteiger partial charge in [-0.1, -0.05) is 18.2 Å². The lowest BCUT2D eigenvalue weighted by atomic mass is 10.1. The number of benzene rings is 1. The molecule has 6 nitrogen and oxygen atoms in total. The first-order valence-corrected chi connectivity index (χ1v) is 6.56. The Morgan fingerprint density at radius 2 is 2.09 bits per heavy atom. The molecule has 10 heteroatoms. The fraction of sp³-hybridized carbons (Fsp3) is 0.385. The molecule has 2 rings (SSSR count). The standard InChI is InChI=1S/C13H13F4N5O/c1-7(11-18-20-21-19-11)6-22(2)12(23)8-4-3-5-9(10(8)14)13(15,16)17/h3-5,7H,6H2,1-2H3,(H,18,19,20,21). The number of nitrogens with zero attached hydrogens (tertiary/aromatic N) is 4. The summed E-state index contributed by atoms with van der Waals surface area (Å²) in [5.41, 5.74) is -2.11. The summed E-state index contributed by atoms with van der Waals surface area (Å²) in [4.78, 5) is 13.3. The van der Waals surface area contributed by atoms with Crippen molar-refractivity contribution in [3.63, 3.8) is 0 Å². The number of likely N-dealkylation sites (N-methyl/N-ethyl adjacent to an activating group) is 1. The van der Waals surface area contributed by atoms with E-state index in [0.717, 1.165) is 17.0 Å². The average Bonchev–Trinajstić information content (AvgIpc) is 2.99. The highest BCUT2D eigenvalue weighted by atomic mass is 19.4. The van der Waals surface area contributed by atoms with Crippen LogP contribution in [0.5, 0.6) is 0 Å². The second-order valence-electron chi connectivity index (χ2n) is 5.02. The lowest BCUT2D eigenvalue weighted by Crippen LogP contribution is -2.31. The number of hydrogen-bond acceptors (Lipinski definition) is 4. The van der Waals surface area contributed by atoms with Gasteiger partial charge >= 0.3 is 6.18 Å². The lowest BCUT2D eigenvalue weighted by Gasteiger charge is -2.21. The van der Waals surface area contributed by atoms with Gasteiger partial charge in [0.25, 0.3) is 5.91 Å². The topological polar surface area (TPSA) is 74.8 Å². The molecule has 0 spiro atoms. The van der Waals surface area contributed by atoms with E-state index in [4.69, 9.17) is 0 Å². The molecule has 0 radical (unpaired) electrons. The van der Waals surface area contributed by atoms with Gasteiger partial charge in [-0.05, 0) is 12.1 Å². The molecule has 0 fully saturated rings. The minimum atomic E-state index is -4.86. The van der Waals surface area contributed by atoms with Crippen molar-refractivity contribution in [2.75, 3.05) is 13.6 Å². The van der Waals surface area contributed by atoms with E-state index in [-0.39, 0.29) is 12.5 Å². The maximum Gasteiger partial charge on any atom is 0.419 e. The smallest absolute Gasteiger partial charge is 0.341 e. The summed E-state index contributed by atoms with van der Waals surface area (Å²) in [5, 5.41) is 13.2. The summed E-state index contributed by atoms with van der Waals surface area (Å²) in [7, 11) is 1.36. The molecule has 124 valence electrons. The number of amides is 1. The Hall–Kier alpha value is -2.52. The Bertz CT molecular complexity index is 686. The zero-order valence-electron chi connectivity index (χ0n) is 12.2. The van der Waals surface area contributed by atoms with Gasteiger partial charge in [-0.3, -0.25) is 4.79 Å². The molecular weight excluding hydrogens is 318 g/mol. The maximum absolute atomic E-state index is 14.0. The molecule has 2 aromatic rings. The molecule has 1 amide bonds. The SMILES string of the molecule is CC(CN(C)C(=O)c1cccc(C(F)(F)F)c1F)c1nn[nH]n1. The number of rotatable bonds is 4. The number of H-pyrrole nitrogens is 1. The second-order valence-corrected chi connectivity index (χ2v) is 5.02. The van der Waals surface area contributed by atoms with Crippen molar-refractivity contribution in [2.24, 2.45) is 0 Å². The molecule has 1 unspecified atom stereocenters. The van der Waals surface area contributed by atoms with E-state index in [1.807, 2.05) is 0 Å². The summed E-state index contributed by atoms with van der Waals surface area (Å²) in [6.45, 7) is 1.80. The van der Waals surface area contributed by atoms with Gasteiger partial charge < -0.3 is 4.90 Å². The molecule has 0 bridgehead atoms. The van der Waals surface area contributed by atoms with Crippen molar-refractivity contribution in [2.45, 2.75) is 19.0 Å². The van der Waals surface area contributed by atoms with Gasteiger partial charge in [-0.15, -0.1) is 10.2 Å². The van der Waals surface area contributed by atoms with E-state index in [0.29, 0.717) is 11.9 Å². The summed E-state index contributed by atoms with van der Waals surface area (Å²) < 4.78 is 52.1. The van der Waals surface area contributed by atoms with E-state index in [1.54, 1.807) is 6.92 Å². The largest absolute Gasteiger partial charge is 0.419 e. The van der Waals surface area contributed by atoms with Crippen molar-refractivity contribution < 1.29 is 22.4 Å². The Kier molecular flexibility index (Phi) is 4.62. The zero-order chi connectivity index (χ0) is 17.2. The monoisotopic (exact) mass is 331 g/mol. The van der Waals surface area contributed by atoms with Gasteiger partial charge in [0, 0.05) is 19.5 Å². The molecule has 0 saturated heterocycles. The first-order valence-electron chi connectivity index (χ1n) is 6.56. The van der Waals surface area contributed by atoms with Crippen LogP contribution in [-0.4, -0.2) is 45.0 Å². The lowest BCUT2D eigenvalue weighted by molar-refractivity contribution is -0.140. The van der Waals surface area contributed by atoms with Gasteiger partial charge in [0.05, 0.1) is 11.1 Å². The van der Waals surface area contributed by atoms with Crippen LogP contribution in [0.1, 0.15) is 34.6 Å². The summed E-state index contributed by atoms with van der Waals surface area (Å²) >= 11 is 0. The molecule has 23 heavy (non-hydrogen) atoms. The number of halogens is 4. The zero-order valence-corrected chi connectivity index (χ0v) is 12.2. The van der Waals surface area contributed by atoms with Crippen LogP contribution in [0.4, 0.5) is 17.6 Å². The van der Waals surface area contributed by atoms with Crippen molar-refractivity contribution in [1.29, 1.82) is 0 Å². The number of aromatic nitrogens is 4. The van der Waals surface area contributed by atoms with E-state index in [9.17, 15) is 22.4 Å². The van der Waals surface area contributed by atoms with E-state index in [2.05, 4.69) is 20.6 Å². The van der Waals surface area contributed by atoms with Gasteiger partial charge in [-0.2, -0.15) is 18.4 Å². The van der Waals surface area contributed by atoms with Gasteiger partial charge in [0.2, 0.25) is 0 Å². The summed E-state index contributed by atoms with van der Waals surface area (Å²) in [6.07, 6.45) is -4.86. The second kappa shape index (κ2) is 6.31. The van der Waals surface area contributed by atoms with Crippen LogP contribution in [0.15, 0.2) is 18.2 Å². The van der Waals surface area contributed by atoms with Crippen molar-refractivity contribution in [1.82, 2.24) is 25.5 Å². The van der Waals surface area contributed by atoms with Crippen LogP contribution in [0, 0.1) is 5.82 Å². The molecule has 1 heterocycles. The summed E-state index contributed by atoms with van der Waals surface area (Å²) in [6, 6.07) is 2.60. The summed E-state index contributed by atoms with van der Waals surface area (Å²) in [5.74, 6) is -2.42. The predicted molar refractivity (Wildman–Crippen MR) is 71.0 cm³/mol. The van der Waals surface area contributed by atoms with Crippen LogP contribution in [-0.2, 0) is 6.18 Å². The number of hydrogen-bond donors (Lipinski definition) is 1. The Balaban J connectivity index is 2.20. The predicted octanol–water partition coefficient (Wildman–Crippen LogP) is 2.23. The molecule has 1 atom stereocenters. The van der Waals surface area contributed by atoms with Gasteiger partial charge in [-0.25, -0.2) is 4.39 Å². The van der Waals surface area contributed by atoms with E-state index < -0.39 is 29.0 Å². The van der Waals surface area contributed by atoms with E-state index in [1.165, 1.54) is 7.05 Å². The van der Waals surface area contributed by atoms with Crippen LogP contribution < -0.4 is 0 Å². The number of tetrazole rings is 1. The highest BCUT2D eigenvalue weighted by molar-refractivity contribution is 5.94. The average molecular weight is 331 g/mol. The molecule has 0 aliphatic rings. The van der Waals surface area contributed by atoms with Gasteiger partial charge in [0.1, 0.15) is 5.82 Å². The molecule has 1 aromatic heterocycles. The molecule has 1 N–H and O–H groups in total. The van der Waals surface area contributed by atoms with E-state index >= 15 is 0 Å². The van der Waals surface area contributed by atoms with Crippen LogP contribution in [0.2, 0.25) is 0 Å². The Morgan fingerprint density at radius 3 is 2.65 bits per heavy atom. The first-order chi connectivity index (χ1) is 10.7. The molecule has 0 saturated carbocycles. The molecule has 1 aromatic carbocycles. The quantitative estimate of drug-likeness (QED) is 0.872. The number of nitrogens with one attached hydrogen (secondary N) is 1. The van der Waals surface area contributed by atoms with Crippen molar-refractivity contribution >= 4 is 5.91 Å². The minimum absolute atomic E-state index is 0.0913. The van der Waals surface area contributed by atoms with Crippen LogP contribution in [0.3, 0.4) is 0 Å². The number of alkyl halides is 3. The number of aromatic amines is 1. The normalized spacial score (nSPS) is 13.0. The molecular formula is C13H13F4N5O. The highest BCUT2D eigenvalue weighted by Crippen LogP contribution is 2.32. The maximum atomic E-state index is 14.0.